The lowest BCUT2D eigenvalue weighted by Crippen LogP contribution is -2.49. The van der Waals surface area contributed by atoms with Crippen LogP contribution in [0.1, 0.15) is 72.1 Å². The Kier molecular flexibility index (Phi) is 3.67. The van der Waals surface area contributed by atoms with Crippen LogP contribution in [0, 0.1) is 28.6 Å². The highest BCUT2D eigenvalue weighted by molar-refractivity contribution is 5.91. The summed E-state index contributed by atoms with van der Waals surface area (Å²) in [5, 5.41) is 0. The Morgan fingerprint density at radius 3 is 2.54 bits per heavy atom. The summed E-state index contributed by atoms with van der Waals surface area (Å²) in [5.41, 5.74) is 4.38. The second-order valence-corrected chi connectivity index (χ2v) is 9.24. The molecule has 0 bridgehead atoms. The molecule has 130 valence electrons. The van der Waals surface area contributed by atoms with Crippen LogP contribution in [0.3, 0.4) is 0 Å². The molecular weight excluding hydrogens is 296 g/mol. The molecule has 3 fully saturated rings. The molecule has 5 unspecified atom stereocenters. The SMILES string of the molecule is CC(C=O)=C1CCC2C3CCC4=CC(=O)CCC4(C)C3CCC12C. The molecule has 0 saturated heterocycles. The van der Waals surface area contributed by atoms with Crippen molar-refractivity contribution in [3.05, 3.63) is 22.8 Å². The van der Waals surface area contributed by atoms with Gasteiger partial charge in [-0.1, -0.05) is 25.0 Å². The van der Waals surface area contributed by atoms with Crippen molar-refractivity contribution in [3.8, 4) is 0 Å². The van der Waals surface area contributed by atoms with Crippen LogP contribution < -0.4 is 0 Å². The molecule has 24 heavy (non-hydrogen) atoms. The first-order valence-electron chi connectivity index (χ1n) is 9.79. The van der Waals surface area contributed by atoms with Crippen molar-refractivity contribution in [1.29, 1.82) is 0 Å². The summed E-state index contributed by atoms with van der Waals surface area (Å²) in [6, 6.07) is 0. The Hall–Kier alpha value is -1.18. The minimum Gasteiger partial charge on any atom is -0.298 e. The van der Waals surface area contributed by atoms with Gasteiger partial charge in [0, 0.05) is 6.42 Å². The molecule has 0 aromatic heterocycles. The second-order valence-electron chi connectivity index (χ2n) is 9.24. The van der Waals surface area contributed by atoms with Crippen LogP contribution in [0.5, 0.6) is 0 Å². The van der Waals surface area contributed by atoms with Gasteiger partial charge in [0.15, 0.2) is 5.78 Å². The van der Waals surface area contributed by atoms with E-state index in [1.807, 2.05) is 13.0 Å². The van der Waals surface area contributed by atoms with E-state index in [0.717, 1.165) is 55.3 Å². The highest BCUT2D eigenvalue weighted by Gasteiger charge is 2.57. The number of hydrogen-bond donors (Lipinski definition) is 0. The van der Waals surface area contributed by atoms with Gasteiger partial charge in [-0.05, 0) is 92.1 Å². The second kappa shape index (κ2) is 5.41. The molecule has 0 aromatic rings. The predicted molar refractivity (Wildman–Crippen MR) is 95.5 cm³/mol. The van der Waals surface area contributed by atoms with Gasteiger partial charge in [0.05, 0.1) is 0 Å². The minimum atomic E-state index is 0.244. The summed E-state index contributed by atoms with van der Waals surface area (Å²) >= 11 is 0. The Morgan fingerprint density at radius 2 is 1.79 bits per heavy atom. The molecule has 2 heteroatoms. The topological polar surface area (TPSA) is 34.1 Å². The van der Waals surface area contributed by atoms with Crippen LogP contribution >= 0.6 is 0 Å². The summed E-state index contributed by atoms with van der Waals surface area (Å²) in [6.07, 6.45) is 12.1. The highest BCUT2D eigenvalue weighted by Crippen LogP contribution is 2.66. The van der Waals surface area contributed by atoms with Gasteiger partial charge in [-0.3, -0.25) is 9.59 Å². The number of hydrogen-bond acceptors (Lipinski definition) is 2. The number of ketones is 1. The van der Waals surface area contributed by atoms with Crippen LogP contribution in [0.15, 0.2) is 22.8 Å². The van der Waals surface area contributed by atoms with E-state index < -0.39 is 0 Å². The standard InChI is InChI=1S/C22H30O2/c1-14(13-23)18-6-7-19-17-5-4-15-12-16(24)8-10-21(15,2)20(17)9-11-22(18,19)3/h12-13,17,19-20H,4-11H2,1-3H3. The lowest BCUT2D eigenvalue weighted by atomic mass is 9.47. The first kappa shape index (κ1) is 16.3. The molecule has 3 saturated carbocycles. The fourth-order valence-corrected chi connectivity index (χ4v) is 7.09. The molecule has 0 amide bonds. The monoisotopic (exact) mass is 326 g/mol. The van der Waals surface area contributed by atoms with E-state index in [0.29, 0.717) is 5.78 Å². The number of allylic oxidation sites excluding steroid dienone is 3. The van der Waals surface area contributed by atoms with E-state index in [1.165, 1.54) is 36.8 Å². The average Bonchev–Trinajstić information content (AvgIpc) is 2.92. The number of carbonyl (C=O) groups is 2. The number of aldehydes is 1. The third kappa shape index (κ3) is 2.07. The first-order valence-corrected chi connectivity index (χ1v) is 9.79. The van der Waals surface area contributed by atoms with Crippen molar-refractivity contribution < 1.29 is 9.59 Å². The average molecular weight is 326 g/mol. The Bertz CT molecular complexity index is 655. The van der Waals surface area contributed by atoms with Crippen LogP contribution in [0.25, 0.3) is 0 Å². The molecule has 0 aliphatic heterocycles. The van der Waals surface area contributed by atoms with E-state index in [2.05, 4.69) is 13.8 Å². The predicted octanol–water partition coefficient (Wildman–Crippen LogP) is 5.03. The van der Waals surface area contributed by atoms with Gasteiger partial charge in [0.25, 0.3) is 0 Å². The van der Waals surface area contributed by atoms with Crippen molar-refractivity contribution in [2.75, 3.05) is 0 Å². The van der Waals surface area contributed by atoms with E-state index in [-0.39, 0.29) is 10.8 Å². The highest BCUT2D eigenvalue weighted by atomic mass is 16.1. The van der Waals surface area contributed by atoms with Crippen molar-refractivity contribution in [1.82, 2.24) is 0 Å². The fraction of sp³-hybridized carbons (Fsp3) is 0.727. The summed E-state index contributed by atoms with van der Waals surface area (Å²) in [6.45, 7) is 6.88. The maximum absolute atomic E-state index is 11.9. The largest absolute Gasteiger partial charge is 0.298 e. The van der Waals surface area contributed by atoms with Gasteiger partial charge in [-0.2, -0.15) is 0 Å². The summed E-state index contributed by atoms with van der Waals surface area (Å²) in [5.74, 6) is 2.59. The molecule has 4 aliphatic rings. The van der Waals surface area contributed by atoms with E-state index in [9.17, 15) is 9.59 Å². The van der Waals surface area contributed by atoms with E-state index in [4.69, 9.17) is 0 Å². The maximum atomic E-state index is 11.9. The smallest absolute Gasteiger partial charge is 0.155 e. The molecule has 0 radical (unpaired) electrons. The zero-order valence-corrected chi connectivity index (χ0v) is 15.4. The first-order chi connectivity index (χ1) is 11.4. The molecule has 0 spiro atoms. The van der Waals surface area contributed by atoms with Gasteiger partial charge in [-0.25, -0.2) is 0 Å². The van der Waals surface area contributed by atoms with Crippen LogP contribution in [0.2, 0.25) is 0 Å². The zero-order valence-electron chi connectivity index (χ0n) is 15.4. The Labute approximate surface area is 145 Å². The molecular formula is C22H30O2. The lowest BCUT2D eigenvalue weighted by Gasteiger charge is -2.57. The zero-order chi connectivity index (χ0) is 17.1. The van der Waals surface area contributed by atoms with E-state index >= 15 is 0 Å². The number of fused-ring (bicyclic) bond motifs is 5. The van der Waals surface area contributed by atoms with Gasteiger partial charge < -0.3 is 0 Å². The summed E-state index contributed by atoms with van der Waals surface area (Å²) < 4.78 is 0. The normalized spacial score (nSPS) is 46.5. The van der Waals surface area contributed by atoms with E-state index in [1.54, 1.807) is 0 Å². The number of rotatable bonds is 1. The Balaban J connectivity index is 1.70. The van der Waals surface area contributed by atoms with Gasteiger partial charge in [0.1, 0.15) is 6.29 Å². The molecule has 2 nitrogen and oxygen atoms in total. The lowest BCUT2D eigenvalue weighted by molar-refractivity contribution is -0.117. The van der Waals surface area contributed by atoms with Crippen LogP contribution in [-0.2, 0) is 9.59 Å². The van der Waals surface area contributed by atoms with Crippen molar-refractivity contribution >= 4 is 12.1 Å². The summed E-state index contributed by atoms with van der Waals surface area (Å²) in [7, 11) is 0. The fourth-order valence-electron chi connectivity index (χ4n) is 7.09. The Morgan fingerprint density at radius 1 is 1.04 bits per heavy atom. The van der Waals surface area contributed by atoms with Crippen molar-refractivity contribution in [2.45, 2.75) is 72.1 Å². The molecule has 5 atom stereocenters. The van der Waals surface area contributed by atoms with Crippen LogP contribution in [0.4, 0.5) is 0 Å². The number of carbonyl (C=O) groups excluding carboxylic acids is 2. The molecule has 0 aromatic carbocycles. The summed E-state index contributed by atoms with van der Waals surface area (Å²) in [4.78, 5) is 23.3. The molecule has 0 N–H and O–H groups in total. The van der Waals surface area contributed by atoms with Gasteiger partial charge in [0.2, 0.25) is 0 Å². The third-order valence-electron chi connectivity index (χ3n) is 8.40. The molecule has 0 heterocycles. The minimum absolute atomic E-state index is 0.244. The van der Waals surface area contributed by atoms with Gasteiger partial charge >= 0.3 is 0 Å². The molecule has 4 rings (SSSR count). The third-order valence-corrected chi connectivity index (χ3v) is 8.40. The van der Waals surface area contributed by atoms with Crippen LogP contribution in [-0.4, -0.2) is 12.1 Å². The quantitative estimate of drug-likeness (QED) is 0.500. The molecule has 4 aliphatic carbocycles. The van der Waals surface area contributed by atoms with Crippen molar-refractivity contribution in [3.63, 3.8) is 0 Å². The van der Waals surface area contributed by atoms with Gasteiger partial charge in [-0.15, -0.1) is 0 Å². The van der Waals surface area contributed by atoms with Crippen molar-refractivity contribution in [2.24, 2.45) is 28.6 Å². The maximum Gasteiger partial charge on any atom is 0.155 e.